The van der Waals surface area contributed by atoms with E-state index in [4.69, 9.17) is 4.74 Å². The summed E-state index contributed by atoms with van der Waals surface area (Å²) in [6.45, 7) is 4.49. The number of halogens is 1. The summed E-state index contributed by atoms with van der Waals surface area (Å²) in [5, 5.41) is 0. The van der Waals surface area contributed by atoms with Gasteiger partial charge in [0.2, 0.25) is 5.95 Å². The van der Waals surface area contributed by atoms with Crippen molar-refractivity contribution >= 4 is 12.0 Å². The fraction of sp³-hybridized carbons (Fsp3) is 0.545. The van der Waals surface area contributed by atoms with Crippen molar-refractivity contribution in [3.63, 3.8) is 0 Å². The number of anilines is 1. The monoisotopic (exact) mass is 254 g/mol. The molecule has 7 heteroatoms. The molecule has 0 aliphatic carbocycles. The summed E-state index contributed by atoms with van der Waals surface area (Å²) < 4.78 is 17.6. The lowest BCUT2D eigenvalue weighted by molar-refractivity contribution is 0.105. The summed E-state index contributed by atoms with van der Waals surface area (Å²) in [5.74, 6) is 0.0313. The number of ether oxygens (including phenoxy) is 1. The Morgan fingerprint density at radius 2 is 1.94 bits per heavy atom. The number of amides is 1. The van der Waals surface area contributed by atoms with Crippen LogP contribution in [0.5, 0.6) is 0 Å². The molecule has 0 spiro atoms. The Hall–Kier alpha value is -1.92. The van der Waals surface area contributed by atoms with E-state index in [0.717, 1.165) is 12.4 Å². The van der Waals surface area contributed by atoms with Crippen LogP contribution in [0.1, 0.15) is 6.92 Å². The number of rotatable bonds is 2. The standard InChI is InChI=1S/C11H15FN4O2/c1-2-18-11(17)16-5-3-15(4-6-16)10-13-7-9(12)8-14-10/h7-8H,2-6H2,1H3. The van der Waals surface area contributed by atoms with Crippen LogP contribution in [0.4, 0.5) is 15.1 Å². The summed E-state index contributed by atoms with van der Waals surface area (Å²) in [7, 11) is 0. The van der Waals surface area contributed by atoms with Gasteiger partial charge in [0.15, 0.2) is 5.82 Å². The molecule has 2 heterocycles. The van der Waals surface area contributed by atoms with Gasteiger partial charge in [0.25, 0.3) is 0 Å². The minimum atomic E-state index is -0.455. The highest BCUT2D eigenvalue weighted by atomic mass is 19.1. The molecule has 0 atom stereocenters. The minimum Gasteiger partial charge on any atom is -0.450 e. The van der Waals surface area contributed by atoms with Crippen LogP contribution in [0.25, 0.3) is 0 Å². The third kappa shape index (κ3) is 2.85. The molecule has 0 radical (unpaired) electrons. The van der Waals surface area contributed by atoms with Crippen molar-refractivity contribution in [3.8, 4) is 0 Å². The van der Waals surface area contributed by atoms with Gasteiger partial charge in [-0.2, -0.15) is 0 Å². The van der Waals surface area contributed by atoms with E-state index < -0.39 is 5.82 Å². The zero-order chi connectivity index (χ0) is 13.0. The molecule has 1 fully saturated rings. The van der Waals surface area contributed by atoms with Gasteiger partial charge in [-0.15, -0.1) is 0 Å². The van der Waals surface area contributed by atoms with Crippen LogP contribution in [0.15, 0.2) is 12.4 Å². The average Bonchev–Trinajstić information content (AvgIpc) is 2.40. The lowest BCUT2D eigenvalue weighted by Crippen LogP contribution is -2.49. The Kier molecular flexibility index (Phi) is 3.91. The Bertz CT molecular complexity index is 404. The second kappa shape index (κ2) is 5.61. The first-order valence-corrected chi connectivity index (χ1v) is 5.85. The molecule has 98 valence electrons. The molecule has 0 unspecified atom stereocenters. The molecular weight excluding hydrogens is 239 g/mol. The molecule has 0 N–H and O–H groups in total. The van der Waals surface area contributed by atoms with Crippen LogP contribution in [-0.4, -0.2) is 53.7 Å². The second-order valence-electron chi connectivity index (χ2n) is 3.87. The molecule has 0 aromatic carbocycles. The number of hydrogen-bond donors (Lipinski definition) is 0. The number of piperazine rings is 1. The van der Waals surface area contributed by atoms with Crippen LogP contribution < -0.4 is 4.90 Å². The minimum absolute atomic E-state index is 0.294. The third-order valence-corrected chi connectivity index (χ3v) is 2.70. The summed E-state index contributed by atoms with van der Waals surface area (Å²) in [4.78, 5) is 22.9. The molecule has 1 aliphatic heterocycles. The molecule has 1 aromatic heterocycles. The van der Waals surface area contributed by atoms with Gasteiger partial charge in [0.05, 0.1) is 19.0 Å². The Morgan fingerprint density at radius 3 is 2.50 bits per heavy atom. The Balaban J connectivity index is 1.90. The number of aromatic nitrogens is 2. The van der Waals surface area contributed by atoms with Crippen molar-refractivity contribution in [1.82, 2.24) is 14.9 Å². The van der Waals surface area contributed by atoms with E-state index in [9.17, 15) is 9.18 Å². The number of hydrogen-bond acceptors (Lipinski definition) is 5. The second-order valence-corrected chi connectivity index (χ2v) is 3.87. The van der Waals surface area contributed by atoms with Crippen LogP contribution in [0.3, 0.4) is 0 Å². The van der Waals surface area contributed by atoms with Crippen molar-refractivity contribution < 1.29 is 13.9 Å². The van der Waals surface area contributed by atoms with E-state index >= 15 is 0 Å². The van der Waals surface area contributed by atoms with E-state index in [2.05, 4.69) is 9.97 Å². The predicted molar refractivity (Wildman–Crippen MR) is 62.8 cm³/mol. The lowest BCUT2D eigenvalue weighted by Gasteiger charge is -2.33. The normalized spacial score (nSPS) is 15.7. The van der Waals surface area contributed by atoms with Gasteiger partial charge in [-0.25, -0.2) is 19.2 Å². The van der Waals surface area contributed by atoms with Gasteiger partial charge >= 0.3 is 6.09 Å². The first-order valence-electron chi connectivity index (χ1n) is 5.85. The molecule has 6 nitrogen and oxygen atoms in total. The van der Waals surface area contributed by atoms with E-state index in [1.54, 1.807) is 11.8 Å². The largest absolute Gasteiger partial charge is 0.450 e. The zero-order valence-corrected chi connectivity index (χ0v) is 10.2. The van der Waals surface area contributed by atoms with Crippen LogP contribution in [0, 0.1) is 5.82 Å². The Labute approximate surface area is 104 Å². The van der Waals surface area contributed by atoms with E-state index in [-0.39, 0.29) is 6.09 Å². The first kappa shape index (κ1) is 12.5. The number of carbonyl (C=O) groups is 1. The van der Waals surface area contributed by atoms with Gasteiger partial charge in [-0.1, -0.05) is 0 Å². The quantitative estimate of drug-likeness (QED) is 0.784. The highest BCUT2D eigenvalue weighted by Crippen LogP contribution is 2.11. The zero-order valence-electron chi connectivity index (χ0n) is 10.2. The third-order valence-electron chi connectivity index (χ3n) is 2.70. The van der Waals surface area contributed by atoms with Gasteiger partial charge in [-0.05, 0) is 6.92 Å². The molecular formula is C11H15FN4O2. The van der Waals surface area contributed by atoms with Gasteiger partial charge in [-0.3, -0.25) is 0 Å². The fourth-order valence-electron chi connectivity index (χ4n) is 1.77. The maximum atomic E-state index is 12.7. The number of carbonyl (C=O) groups excluding carboxylic acids is 1. The van der Waals surface area contributed by atoms with Gasteiger partial charge in [0.1, 0.15) is 0 Å². The molecule has 1 saturated heterocycles. The molecule has 1 aromatic rings. The highest BCUT2D eigenvalue weighted by Gasteiger charge is 2.23. The maximum Gasteiger partial charge on any atom is 0.409 e. The summed E-state index contributed by atoms with van der Waals surface area (Å²) in [5.41, 5.74) is 0. The van der Waals surface area contributed by atoms with Crippen LogP contribution >= 0.6 is 0 Å². The van der Waals surface area contributed by atoms with E-state index in [0.29, 0.717) is 38.7 Å². The van der Waals surface area contributed by atoms with Gasteiger partial charge in [0, 0.05) is 26.2 Å². The van der Waals surface area contributed by atoms with Crippen molar-refractivity contribution in [2.75, 3.05) is 37.7 Å². The SMILES string of the molecule is CCOC(=O)N1CCN(c2ncc(F)cn2)CC1. The van der Waals surface area contributed by atoms with Crippen LogP contribution in [0.2, 0.25) is 0 Å². The summed E-state index contributed by atoms with van der Waals surface area (Å²) >= 11 is 0. The van der Waals surface area contributed by atoms with Crippen LogP contribution in [-0.2, 0) is 4.74 Å². The molecule has 2 rings (SSSR count). The maximum absolute atomic E-state index is 12.7. The molecule has 0 saturated carbocycles. The molecule has 18 heavy (non-hydrogen) atoms. The summed E-state index contributed by atoms with van der Waals surface area (Å²) in [6.07, 6.45) is 1.98. The van der Waals surface area contributed by atoms with Gasteiger partial charge < -0.3 is 14.5 Å². The average molecular weight is 254 g/mol. The van der Waals surface area contributed by atoms with Crippen molar-refractivity contribution in [1.29, 1.82) is 0 Å². The fourth-order valence-corrected chi connectivity index (χ4v) is 1.77. The topological polar surface area (TPSA) is 58.6 Å². The molecule has 1 aliphatic rings. The molecule has 0 bridgehead atoms. The number of nitrogens with zero attached hydrogens (tertiary/aromatic N) is 4. The van der Waals surface area contributed by atoms with E-state index in [1.807, 2.05) is 4.90 Å². The lowest BCUT2D eigenvalue weighted by atomic mass is 10.3. The van der Waals surface area contributed by atoms with Crippen molar-refractivity contribution in [2.45, 2.75) is 6.92 Å². The smallest absolute Gasteiger partial charge is 0.409 e. The highest BCUT2D eigenvalue weighted by molar-refractivity contribution is 5.68. The first-order chi connectivity index (χ1) is 8.70. The molecule has 1 amide bonds. The van der Waals surface area contributed by atoms with Crippen molar-refractivity contribution in [2.24, 2.45) is 0 Å². The van der Waals surface area contributed by atoms with Crippen molar-refractivity contribution in [3.05, 3.63) is 18.2 Å². The predicted octanol–water partition coefficient (Wildman–Crippen LogP) is 0.894. The summed E-state index contributed by atoms with van der Waals surface area (Å²) in [6, 6.07) is 0. The van der Waals surface area contributed by atoms with E-state index in [1.165, 1.54) is 0 Å². The Morgan fingerprint density at radius 1 is 1.33 bits per heavy atom.